The van der Waals surface area contributed by atoms with Crippen molar-refractivity contribution in [3.63, 3.8) is 0 Å². The van der Waals surface area contributed by atoms with Gasteiger partial charge in [0.2, 0.25) is 0 Å². The fraction of sp³-hybridized carbons (Fsp3) is 0.375. The second-order valence-corrected chi connectivity index (χ2v) is 6.95. The molecule has 19 heavy (non-hydrogen) atoms. The molecular weight excluding hydrogens is 320 g/mol. The summed E-state index contributed by atoms with van der Waals surface area (Å²) in [7, 11) is 1.70. The second-order valence-electron chi connectivity index (χ2n) is 5.09. The van der Waals surface area contributed by atoms with Crippen LogP contribution >= 0.6 is 27.3 Å². The summed E-state index contributed by atoms with van der Waals surface area (Å²) >= 11 is 5.49. The standard InChI is InChI=1S/C16H19BrOS/c1-11(2)8-12-4-6-13(7-5-12)16(17)15-9-14(18-3)10-19-15/h4-7,9-11,16H,8H2,1-3H3. The maximum atomic E-state index is 5.23. The number of ether oxygens (including phenoxy) is 1. The van der Waals surface area contributed by atoms with Gasteiger partial charge in [0.15, 0.2) is 0 Å². The molecule has 0 spiro atoms. The molecule has 3 heteroatoms. The number of hydrogen-bond donors (Lipinski definition) is 0. The van der Waals surface area contributed by atoms with Gasteiger partial charge in [-0.15, -0.1) is 11.3 Å². The number of rotatable bonds is 5. The van der Waals surface area contributed by atoms with Gasteiger partial charge in [0.1, 0.15) is 5.75 Å². The van der Waals surface area contributed by atoms with Gasteiger partial charge >= 0.3 is 0 Å². The molecule has 0 N–H and O–H groups in total. The number of benzene rings is 1. The summed E-state index contributed by atoms with van der Waals surface area (Å²) in [5.41, 5.74) is 2.69. The van der Waals surface area contributed by atoms with E-state index < -0.39 is 0 Å². The van der Waals surface area contributed by atoms with E-state index in [9.17, 15) is 0 Å². The van der Waals surface area contributed by atoms with Crippen LogP contribution in [0.2, 0.25) is 0 Å². The largest absolute Gasteiger partial charge is 0.496 e. The Hall–Kier alpha value is -0.800. The minimum Gasteiger partial charge on any atom is -0.496 e. The lowest BCUT2D eigenvalue weighted by atomic mass is 10.0. The number of thiophene rings is 1. The molecule has 2 aromatic rings. The molecule has 1 aromatic heterocycles. The van der Waals surface area contributed by atoms with Gasteiger partial charge in [0.05, 0.1) is 11.9 Å². The zero-order chi connectivity index (χ0) is 13.8. The van der Waals surface area contributed by atoms with Crippen LogP contribution in [-0.4, -0.2) is 7.11 Å². The first-order valence-electron chi connectivity index (χ1n) is 6.45. The summed E-state index contributed by atoms with van der Waals surface area (Å²) in [6.45, 7) is 4.50. The van der Waals surface area contributed by atoms with E-state index in [0.29, 0.717) is 5.92 Å². The van der Waals surface area contributed by atoms with Crippen molar-refractivity contribution < 1.29 is 4.74 Å². The molecule has 0 aliphatic carbocycles. The summed E-state index contributed by atoms with van der Waals surface area (Å²) in [6, 6.07) is 11.0. The van der Waals surface area contributed by atoms with E-state index in [2.05, 4.69) is 60.1 Å². The first-order valence-corrected chi connectivity index (χ1v) is 8.25. The van der Waals surface area contributed by atoms with Crippen LogP contribution in [0.25, 0.3) is 0 Å². The molecule has 1 heterocycles. The summed E-state index contributed by atoms with van der Waals surface area (Å²) < 4.78 is 5.23. The predicted octanol–water partition coefficient (Wildman–Crippen LogP) is 5.44. The van der Waals surface area contributed by atoms with Gasteiger partial charge in [0.25, 0.3) is 0 Å². The lowest BCUT2D eigenvalue weighted by Crippen LogP contribution is -1.95. The Kier molecular flexibility index (Phi) is 5.06. The van der Waals surface area contributed by atoms with Crippen LogP contribution in [0.15, 0.2) is 35.7 Å². The van der Waals surface area contributed by atoms with Gasteiger partial charge in [-0.3, -0.25) is 0 Å². The molecule has 0 aliphatic rings. The zero-order valence-corrected chi connectivity index (χ0v) is 13.9. The first-order chi connectivity index (χ1) is 9.10. The molecule has 0 bridgehead atoms. The van der Waals surface area contributed by atoms with E-state index in [4.69, 9.17) is 4.74 Å². The van der Waals surface area contributed by atoms with E-state index in [1.165, 1.54) is 16.0 Å². The van der Waals surface area contributed by atoms with Crippen LogP contribution in [-0.2, 0) is 6.42 Å². The SMILES string of the molecule is COc1csc(C(Br)c2ccc(CC(C)C)cc2)c1. The predicted molar refractivity (Wildman–Crippen MR) is 86.6 cm³/mol. The van der Waals surface area contributed by atoms with Crippen molar-refractivity contribution >= 4 is 27.3 Å². The average molecular weight is 339 g/mol. The minimum atomic E-state index is 0.245. The molecule has 1 aromatic carbocycles. The Morgan fingerprint density at radius 1 is 1.21 bits per heavy atom. The van der Waals surface area contributed by atoms with Gasteiger partial charge < -0.3 is 4.74 Å². The minimum absolute atomic E-state index is 0.245. The smallest absolute Gasteiger partial charge is 0.129 e. The Bertz CT molecular complexity index is 516. The van der Waals surface area contributed by atoms with Crippen molar-refractivity contribution in [3.05, 3.63) is 51.7 Å². The molecule has 0 fully saturated rings. The molecule has 102 valence electrons. The monoisotopic (exact) mass is 338 g/mol. The summed E-state index contributed by atoms with van der Waals surface area (Å²) in [5.74, 6) is 1.63. The van der Waals surface area contributed by atoms with Gasteiger partial charge in [-0.2, -0.15) is 0 Å². The van der Waals surface area contributed by atoms with Crippen LogP contribution < -0.4 is 4.74 Å². The molecule has 0 saturated carbocycles. The third kappa shape index (κ3) is 3.83. The fourth-order valence-electron chi connectivity index (χ4n) is 2.03. The molecule has 1 nitrogen and oxygen atoms in total. The number of methoxy groups -OCH3 is 1. The van der Waals surface area contributed by atoms with Crippen molar-refractivity contribution in [1.29, 1.82) is 0 Å². The third-order valence-electron chi connectivity index (χ3n) is 3.00. The van der Waals surface area contributed by atoms with Crippen LogP contribution in [0.3, 0.4) is 0 Å². The molecule has 1 atom stereocenters. The van der Waals surface area contributed by atoms with Crippen molar-refractivity contribution in [3.8, 4) is 5.75 Å². The average Bonchev–Trinajstić information content (AvgIpc) is 2.87. The highest BCUT2D eigenvalue weighted by molar-refractivity contribution is 9.09. The lowest BCUT2D eigenvalue weighted by Gasteiger charge is -2.10. The first kappa shape index (κ1) is 14.6. The van der Waals surface area contributed by atoms with Crippen molar-refractivity contribution in [2.75, 3.05) is 7.11 Å². The van der Waals surface area contributed by atoms with E-state index in [0.717, 1.165) is 12.2 Å². The molecule has 0 amide bonds. The third-order valence-corrected chi connectivity index (χ3v) is 5.30. The topological polar surface area (TPSA) is 9.23 Å². The molecule has 0 radical (unpaired) electrons. The lowest BCUT2D eigenvalue weighted by molar-refractivity contribution is 0.416. The quantitative estimate of drug-likeness (QED) is 0.659. The van der Waals surface area contributed by atoms with Crippen molar-refractivity contribution in [2.24, 2.45) is 5.92 Å². The second kappa shape index (κ2) is 6.58. The summed E-state index contributed by atoms with van der Waals surface area (Å²) in [4.78, 5) is 1.52. The van der Waals surface area contributed by atoms with Crippen molar-refractivity contribution in [2.45, 2.75) is 25.1 Å². The van der Waals surface area contributed by atoms with Crippen LogP contribution in [0, 0.1) is 5.92 Å². The Balaban J connectivity index is 2.12. The highest BCUT2D eigenvalue weighted by atomic mass is 79.9. The zero-order valence-electron chi connectivity index (χ0n) is 11.5. The van der Waals surface area contributed by atoms with Gasteiger partial charge in [0, 0.05) is 10.3 Å². The van der Waals surface area contributed by atoms with Crippen molar-refractivity contribution in [1.82, 2.24) is 0 Å². The molecular formula is C16H19BrOS. The van der Waals surface area contributed by atoms with Crippen LogP contribution in [0.5, 0.6) is 5.75 Å². The number of alkyl halides is 1. The van der Waals surface area contributed by atoms with E-state index in [1.807, 2.05) is 5.38 Å². The highest BCUT2D eigenvalue weighted by Gasteiger charge is 2.13. The molecule has 0 saturated heterocycles. The highest BCUT2D eigenvalue weighted by Crippen LogP contribution is 2.36. The molecule has 1 unspecified atom stereocenters. The Labute approximate surface area is 127 Å². The van der Waals surface area contributed by atoms with E-state index in [1.54, 1.807) is 18.4 Å². The van der Waals surface area contributed by atoms with E-state index in [-0.39, 0.29) is 4.83 Å². The van der Waals surface area contributed by atoms with Gasteiger partial charge in [-0.25, -0.2) is 0 Å². The van der Waals surface area contributed by atoms with Gasteiger partial charge in [-0.1, -0.05) is 54.0 Å². The Morgan fingerprint density at radius 2 is 1.89 bits per heavy atom. The van der Waals surface area contributed by atoms with Crippen LogP contribution in [0.1, 0.15) is 34.7 Å². The maximum absolute atomic E-state index is 5.23. The summed E-state index contributed by atoms with van der Waals surface area (Å²) in [6.07, 6.45) is 1.14. The Morgan fingerprint density at radius 3 is 2.42 bits per heavy atom. The van der Waals surface area contributed by atoms with Gasteiger partial charge in [-0.05, 0) is 29.5 Å². The molecule has 2 rings (SSSR count). The normalized spacial score (nSPS) is 12.7. The maximum Gasteiger partial charge on any atom is 0.129 e. The molecule has 0 aliphatic heterocycles. The fourth-order valence-corrected chi connectivity index (χ4v) is 3.65. The van der Waals surface area contributed by atoms with Crippen LogP contribution in [0.4, 0.5) is 0 Å². The number of halogens is 1. The summed E-state index contributed by atoms with van der Waals surface area (Å²) in [5, 5.41) is 2.04. The van der Waals surface area contributed by atoms with E-state index >= 15 is 0 Å². The number of hydrogen-bond acceptors (Lipinski definition) is 2.